The van der Waals surface area contributed by atoms with Gasteiger partial charge in [0.1, 0.15) is 12.6 Å². The van der Waals surface area contributed by atoms with Gasteiger partial charge in [0.15, 0.2) is 0 Å². The molecule has 3 rings (SSSR count). The molecule has 0 saturated heterocycles. The minimum absolute atomic E-state index is 0.191. The zero-order chi connectivity index (χ0) is 25.6. The summed E-state index contributed by atoms with van der Waals surface area (Å²) in [6.07, 6.45) is 9.11. The first-order valence-corrected chi connectivity index (χ1v) is 12.0. The number of benzene rings is 1. The molecule has 188 valence electrons. The molecule has 8 nitrogen and oxygen atoms in total. The molecule has 2 amide bonds. The number of nitrogens with one attached hydrogen (secondary N) is 1. The Balaban J connectivity index is 1.79. The predicted molar refractivity (Wildman–Crippen MR) is 131 cm³/mol. The molecule has 0 aromatic heterocycles. The molecule has 1 fully saturated rings. The number of carbonyl (C=O) groups excluding carboxylic acids is 2. The molecular weight excluding hydrogens is 448 g/mol. The summed E-state index contributed by atoms with van der Waals surface area (Å²) in [5, 5.41) is 21.3. The molecule has 0 bridgehead atoms. The van der Waals surface area contributed by atoms with Crippen LogP contribution in [0.3, 0.4) is 0 Å². The van der Waals surface area contributed by atoms with Gasteiger partial charge in [-0.3, -0.25) is 19.2 Å². The van der Waals surface area contributed by atoms with Gasteiger partial charge in [0, 0.05) is 18.9 Å². The van der Waals surface area contributed by atoms with E-state index >= 15 is 0 Å². The average Bonchev–Trinajstić information content (AvgIpc) is 3.29. The highest BCUT2D eigenvalue weighted by Crippen LogP contribution is 2.42. The van der Waals surface area contributed by atoms with E-state index in [9.17, 15) is 24.3 Å². The molecule has 1 aromatic carbocycles. The fourth-order valence-corrected chi connectivity index (χ4v) is 5.07. The molecule has 0 aliphatic heterocycles. The molecule has 2 aliphatic carbocycles. The van der Waals surface area contributed by atoms with Crippen molar-refractivity contribution in [2.24, 2.45) is 5.41 Å². The highest BCUT2D eigenvalue weighted by molar-refractivity contribution is 5.93. The summed E-state index contributed by atoms with van der Waals surface area (Å²) in [6, 6.07) is 9.10. The van der Waals surface area contributed by atoms with Crippen LogP contribution in [0.15, 0.2) is 54.1 Å². The van der Waals surface area contributed by atoms with Crippen LogP contribution in [0, 0.1) is 5.41 Å². The lowest BCUT2D eigenvalue weighted by atomic mass is 9.75. The summed E-state index contributed by atoms with van der Waals surface area (Å²) in [7, 11) is 1.38. The van der Waals surface area contributed by atoms with E-state index in [1.54, 1.807) is 0 Å². The number of carboxylic acid groups (broad SMARTS) is 2. The number of amides is 2. The van der Waals surface area contributed by atoms with Gasteiger partial charge >= 0.3 is 11.9 Å². The van der Waals surface area contributed by atoms with E-state index in [1.807, 2.05) is 30.4 Å². The summed E-state index contributed by atoms with van der Waals surface area (Å²) < 4.78 is 0. The largest absolute Gasteiger partial charge is 0.481 e. The van der Waals surface area contributed by atoms with Crippen molar-refractivity contribution in [3.8, 4) is 0 Å². The van der Waals surface area contributed by atoms with Crippen LogP contribution in [-0.2, 0) is 24.6 Å². The number of carboxylic acids is 2. The van der Waals surface area contributed by atoms with Crippen LogP contribution in [0.5, 0.6) is 0 Å². The number of aliphatic carboxylic acids is 2. The van der Waals surface area contributed by atoms with E-state index in [2.05, 4.69) is 30.4 Å². The van der Waals surface area contributed by atoms with E-state index in [-0.39, 0.29) is 18.3 Å². The lowest BCUT2D eigenvalue weighted by Gasteiger charge is -2.32. The molecule has 0 spiro atoms. The first kappa shape index (κ1) is 26.2. The number of hydrogen-bond acceptors (Lipinski definition) is 4. The molecule has 35 heavy (non-hydrogen) atoms. The van der Waals surface area contributed by atoms with Crippen molar-refractivity contribution in [3.05, 3.63) is 59.7 Å². The molecular formula is C27H34N2O6. The second kappa shape index (κ2) is 10.9. The van der Waals surface area contributed by atoms with E-state index < -0.39 is 41.8 Å². The zero-order valence-corrected chi connectivity index (χ0v) is 20.3. The summed E-state index contributed by atoms with van der Waals surface area (Å²) in [5.41, 5.74) is 0.798. The molecule has 8 heteroatoms. The SMILES string of the molecule is CN(CC(=O)O)C(=O)[C@H](CC1=CCC(C)(c2ccccc2)C=C1)NC(=O)C1(CC(=O)O)CCCC1. The van der Waals surface area contributed by atoms with E-state index in [1.165, 1.54) is 12.6 Å². The molecule has 1 aromatic rings. The quantitative estimate of drug-likeness (QED) is 0.470. The smallest absolute Gasteiger partial charge is 0.323 e. The van der Waals surface area contributed by atoms with Gasteiger partial charge in [-0.25, -0.2) is 0 Å². The van der Waals surface area contributed by atoms with Crippen molar-refractivity contribution >= 4 is 23.8 Å². The minimum atomic E-state index is -1.15. The molecule has 0 radical (unpaired) electrons. The Morgan fingerprint density at radius 1 is 1.06 bits per heavy atom. The molecule has 1 saturated carbocycles. The van der Waals surface area contributed by atoms with Crippen molar-refractivity contribution in [3.63, 3.8) is 0 Å². The summed E-state index contributed by atoms with van der Waals surface area (Å²) in [4.78, 5) is 50.2. The predicted octanol–water partition coefficient (Wildman–Crippen LogP) is 3.28. The maximum Gasteiger partial charge on any atom is 0.323 e. The molecule has 1 unspecified atom stereocenters. The Bertz CT molecular complexity index is 1030. The van der Waals surface area contributed by atoms with Gasteiger partial charge < -0.3 is 20.4 Å². The Hall–Kier alpha value is -3.42. The maximum atomic E-state index is 13.3. The highest BCUT2D eigenvalue weighted by atomic mass is 16.4. The second-order valence-electron chi connectivity index (χ2n) is 9.98. The number of hydrogen-bond donors (Lipinski definition) is 3. The van der Waals surface area contributed by atoms with Gasteiger partial charge in [-0.1, -0.05) is 68.3 Å². The van der Waals surface area contributed by atoms with Crippen molar-refractivity contribution in [1.82, 2.24) is 10.2 Å². The highest BCUT2D eigenvalue weighted by Gasteiger charge is 2.44. The van der Waals surface area contributed by atoms with Gasteiger partial charge in [0.05, 0.1) is 11.8 Å². The fourth-order valence-electron chi connectivity index (χ4n) is 5.07. The average molecular weight is 483 g/mol. The molecule has 0 heterocycles. The first-order chi connectivity index (χ1) is 16.5. The molecule has 3 N–H and O–H groups in total. The topological polar surface area (TPSA) is 124 Å². The Morgan fingerprint density at radius 3 is 2.26 bits per heavy atom. The number of nitrogens with zero attached hydrogens (tertiary/aromatic N) is 1. The van der Waals surface area contributed by atoms with Crippen LogP contribution < -0.4 is 5.32 Å². The standard InChI is InChI=1S/C27H34N2O6/c1-26(20-8-4-3-5-9-20)14-10-19(11-15-26)16-21(24(34)29(2)18-23(32)33)28-25(35)27(17-22(30)31)12-6-7-13-27/h3-5,8-11,14,21H,6-7,12-13,15-18H2,1-2H3,(H,28,35)(H,30,31)(H,32,33)/t21-,26?/m0/s1. The maximum absolute atomic E-state index is 13.3. The third-order valence-corrected chi connectivity index (χ3v) is 7.21. The number of rotatable bonds is 10. The Morgan fingerprint density at radius 2 is 1.71 bits per heavy atom. The van der Waals surface area contributed by atoms with E-state index in [0.717, 1.165) is 23.3 Å². The van der Waals surface area contributed by atoms with Crippen LogP contribution in [0.4, 0.5) is 0 Å². The second-order valence-corrected chi connectivity index (χ2v) is 9.98. The number of carbonyl (C=O) groups is 4. The monoisotopic (exact) mass is 482 g/mol. The van der Waals surface area contributed by atoms with Gasteiger partial charge in [-0.2, -0.15) is 0 Å². The number of likely N-dealkylation sites (N-methyl/N-ethyl adjacent to an activating group) is 1. The lowest BCUT2D eigenvalue weighted by molar-refractivity contribution is -0.148. The summed E-state index contributed by atoms with van der Waals surface area (Å²) in [5.74, 6) is -3.17. The van der Waals surface area contributed by atoms with Gasteiger partial charge in [0.25, 0.3) is 0 Å². The van der Waals surface area contributed by atoms with E-state index in [4.69, 9.17) is 5.11 Å². The van der Waals surface area contributed by atoms with Gasteiger partial charge in [-0.15, -0.1) is 0 Å². The van der Waals surface area contributed by atoms with Crippen molar-refractivity contribution in [1.29, 1.82) is 0 Å². The van der Waals surface area contributed by atoms with Crippen molar-refractivity contribution < 1.29 is 29.4 Å². The Labute approximate surface area is 205 Å². The summed E-state index contributed by atoms with van der Waals surface area (Å²) in [6.45, 7) is 1.64. The normalized spacial score (nSPS) is 21.6. The first-order valence-electron chi connectivity index (χ1n) is 12.0. The molecule has 2 atom stereocenters. The van der Waals surface area contributed by atoms with Gasteiger partial charge in [0.2, 0.25) is 11.8 Å². The van der Waals surface area contributed by atoms with E-state index in [0.29, 0.717) is 19.3 Å². The van der Waals surface area contributed by atoms with Gasteiger partial charge in [-0.05, 0) is 30.4 Å². The number of allylic oxidation sites excluding steroid dienone is 3. The van der Waals surface area contributed by atoms with Crippen LogP contribution >= 0.6 is 0 Å². The van der Waals surface area contributed by atoms with Crippen molar-refractivity contribution in [2.75, 3.05) is 13.6 Å². The minimum Gasteiger partial charge on any atom is -0.481 e. The van der Waals surface area contributed by atoms with Crippen molar-refractivity contribution in [2.45, 2.75) is 63.3 Å². The van der Waals surface area contributed by atoms with Crippen LogP contribution in [0.2, 0.25) is 0 Å². The third-order valence-electron chi connectivity index (χ3n) is 7.21. The zero-order valence-electron chi connectivity index (χ0n) is 20.3. The van der Waals surface area contributed by atoms with Crippen LogP contribution in [0.1, 0.15) is 57.4 Å². The van der Waals surface area contributed by atoms with Crippen LogP contribution in [0.25, 0.3) is 0 Å². The fraction of sp³-hybridized carbons (Fsp3) is 0.481. The summed E-state index contributed by atoms with van der Waals surface area (Å²) >= 11 is 0. The Kier molecular flexibility index (Phi) is 8.14. The molecule has 2 aliphatic rings. The van der Waals surface area contributed by atoms with Crippen LogP contribution in [-0.4, -0.2) is 58.5 Å². The third kappa shape index (κ3) is 6.38. The lowest BCUT2D eigenvalue weighted by Crippen LogP contribution is -2.52.